The number of primary amides is 1. The lowest BCUT2D eigenvalue weighted by molar-refractivity contribution is -0.134. The number of piperazine rings is 1. The third-order valence-corrected chi connectivity index (χ3v) is 5.49. The van der Waals surface area contributed by atoms with Gasteiger partial charge in [-0.1, -0.05) is 19.9 Å². The summed E-state index contributed by atoms with van der Waals surface area (Å²) in [4.78, 5) is 25.9. The summed E-state index contributed by atoms with van der Waals surface area (Å²) in [7, 11) is 0.500. The normalized spacial score (nSPS) is 16.9. The minimum Gasteiger partial charge on any atom is -0.366 e. The second-order valence-corrected chi connectivity index (χ2v) is 8.25. The Morgan fingerprint density at radius 2 is 1.78 bits per heavy atom. The van der Waals surface area contributed by atoms with Crippen molar-refractivity contribution in [2.24, 2.45) is 17.4 Å². The van der Waals surface area contributed by atoms with Crippen LogP contribution in [-0.4, -0.2) is 60.9 Å². The molecule has 2 rings (SSSR count). The van der Waals surface area contributed by atoms with Gasteiger partial charge in [-0.25, -0.2) is 18.3 Å². The quantitative estimate of drug-likeness (QED) is 0.233. The molecule has 1 aromatic carbocycles. The van der Waals surface area contributed by atoms with Gasteiger partial charge in [0.2, 0.25) is 11.8 Å². The third kappa shape index (κ3) is 10.8. The van der Waals surface area contributed by atoms with Crippen LogP contribution in [0.15, 0.2) is 42.1 Å². The fourth-order valence-electron chi connectivity index (χ4n) is 3.39. The highest BCUT2D eigenvalue weighted by Gasteiger charge is 2.31. The highest BCUT2D eigenvalue weighted by Crippen LogP contribution is 2.25. The van der Waals surface area contributed by atoms with Crippen molar-refractivity contribution in [1.29, 1.82) is 0 Å². The van der Waals surface area contributed by atoms with Crippen LogP contribution in [0.3, 0.4) is 0 Å². The largest absolute Gasteiger partial charge is 0.366 e. The van der Waals surface area contributed by atoms with Crippen LogP contribution < -0.4 is 11.5 Å². The lowest BCUT2D eigenvalue weighted by Gasteiger charge is -2.35. The van der Waals surface area contributed by atoms with E-state index in [-0.39, 0.29) is 61.1 Å². The van der Waals surface area contributed by atoms with E-state index in [0.29, 0.717) is 18.7 Å². The van der Waals surface area contributed by atoms with Gasteiger partial charge >= 0.3 is 0 Å². The number of amides is 2. The molecule has 1 aromatic rings. The van der Waals surface area contributed by atoms with Crippen LogP contribution in [0.2, 0.25) is 0 Å². The van der Waals surface area contributed by atoms with E-state index in [1.54, 1.807) is 6.92 Å². The second kappa shape index (κ2) is 16.7. The van der Waals surface area contributed by atoms with Gasteiger partial charge in [0.1, 0.15) is 17.8 Å². The Kier molecular flexibility index (Phi) is 15.3. The molecular weight excluding hydrogens is 483 g/mol. The van der Waals surface area contributed by atoms with E-state index in [4.69, 9.17) is 11.5 Å². The van der Waals surface area contributed by atoms with Crippen molar-refractivity contribution >= 4 is 11.8 Å². The fourth-order valence-corrected chi connectivity index (χ4v) is 3.39. The van der Waals surface area contributed by atoms with E-state index >= 15 is 0 Å². The zero-order valence-electron chi connectivity index (χ0n) is 21.2. The first-order chi connectivity index (χ1) is 16.9. The molecular formula is C25H37F5N4O2. The van der Waals surface area contributed by atoms with Crippen LogP contribution in [0.5, 0.6) is 0 Å². The predicted molar refractivity (Wildman–Crippen MR) is 131 cm³/mol. The van der Waals surface area contributed by atoms with Crippen molar-refractivity contribution in [3.63, 3.8) is 0 Å². The van der Waals surface area contributed by atoms with Crippen molar-refractivity contribution < 1.29 is 31.6 Å². The van der Waals surface area contributed by atoms with Crippen LogP contribution >= 0.6 is 0 Å². The van der Waals surface area contributed by atoms with Crippen molar-refractivity contribution in [3.8, 4) is 0 Å². The first kappa shape index (κ1) is 33.0. The van der Waals surface area contributed by atoms with Gasteiger partial charge in [-0.2, -0.15) is 0 Å². The van der Waals surface area contributed by atoms with E-state index in [2.05, 4.69) is 6.58 Å². The molecule has 0 aromatic heterocycles. The molecule has 1 aliphatic rings. The highest BCUT2D eigenvalue weighted by molar-refractivity contribution is 5.93. The number of allylic oxidation sites excluding steroid dienone is 1. The molecule has 1 fully saturated rings. The van der Waals surface area contributed by atoms with Gasteiger partial charge in [0.25, 0.3) is 0 Å². The Hall–Kier alpha value is -2.95. The average molecular weight is 521 g/mol. The molecule has 4 N–H and O–H groups in total. The number of benzene rings is 1. The van der Waals surface area contributed by atoms with Crippen molar-refractivity contribution in [2.45, 2.75) is 52.2 Å². The Labute approximate surface area is 209 Å². The fraction of sp³-hybridized carbons (Fsp3) is 0.520. The molecule has 2 amide bonds. The number of alkyl halides is 2. The first-order valence-corrected chi connectivity index (χ1v) is 11.5. The predicted octanol–water partition coefficient (Wildman–Crippen LogP) is 4.16. The molecule has 1 heterocycles. The van der Waals surface area contributed by atoms with Crippen LogP contribution in [0.4, 0.5) is 22.0 Å². The maximum atomic E-state index is 14.4. The van der Waals surface area contributed by atoms with E-state index in [1.165, 1.54) is 17.9 Å². The van der Waals surface area contributed by atoms with Gasteiger partial charge in [0.05, 0.1) is 26.0 Å². The third-order valence-electron chi connectivity index (χ3n) is 5.49. The number of halogens is 5. The number of rotatable bonds is 8. The monoisotopic (exact) mass is 520 g/mol. The minimum atomic E-state index is -0.852. The Morgan fingerprint density at radius 3 is 2.28 bits per heavy atom. The maximum Gasteiger partial charge on any atom is 0.246 e. The SMILES string of the molecule is C=CC(C)F.CCC(C)/C(C(N)=O)=C1/CN(C(=O)CC(N)Cc2cc(F)ccc2F)CCN1F.CF. The Bertz CT molecular complexity index is 895. The van der Waals surface area contributed by atoms with Gasteiger partial charge in [0.15, 0.2) is 0 Å². The Morgan fingerprint density at radius 1 is 1.19 bits per heavy atom. The van der Waals surface area contributed by atoms with Crippen molar-refractivity contribution in [3.05, 3.63) is 59.3 Å². The topological polar surface area (TPSA) is 92.7 Å². The standard InChI is InChI=1S/C20H27F3N4O2.C4H7F.CH3F/c1-3-12(2)19(20(25)29)17-11-26(6-7-27(17)23)18(28)10-15(24)9-13-8-14(21)4-5-16(13)22;1-3-4(2)5;1-2/h4-5,8,12,15H,3,6-7,9-11,24H2,1-2H3,(H2,25,29);3-4H,1H2,2H3;1H3/b19-17+;;. The summed E-state index contributed by atoms with van der Waals surface area (Å²) in [6.07, 6.45) is 0.855. The van der Waals surface area contributed by atoms with Crippen molar-refractivity contribution in [1.82, 2.24) is 10.0 Å². The summed E-state index contributed by atoms with van der Waals surface area (Å²) in [5, 5.41) is 0.456. The molecule has 0 spiro atoms. The highest BCUT2D eigenvalue weighted by atomic mass is 19.2. The van der Waals surface area contributed by atoms with Crippen LogP contribution in [-0.2, 0) is 16.0 Å². The molecule has 0 bridgehead atoms. The van der Waals surface area contributed by atoms with Crippen LogP contribution in [0.1, 0.15) is 39.2 Å². The summed E-state index contributed by atoms with van der Waals surface area (Å²) in [5.74, 6) is -2.51. The van der Waals surface area contributed by atoms with Gasteiger partial charge in [0, 0.05) is 24.6 Å². The molecule has 3 unspecified atom stereocenters. The lowest BCUT2D eigenvalue weighted by atomic mass is 9.94. The molecule has 204 valence electrons. The molecule has 6 nitrogen and oxygen atoms in total. The summed E-state index contributed by atoms with van der Waals surface area (Å²) < 4.78 is 62.2. The molecule has 1 saturated heterocycles. The van der Waals surface area contributed by atoms with Gasteiger partial charge in [-0.3, -0.25) is 14.0 Å². The number of carbonyl (C=O) groups excluding carboxylic acids is 2. The van der Waals surface area contributed by atoms with Gasteiger partial charge < -0.3 is 16.4 Å². The lowest BCUT2D eigenvalue weighted by Crippen LogP contribution is -2.47. The summed E-state index contributed by atoms with van der Waals surface area (Å²) >= 11 is 0. The second-order valence-electron chi connectivity index (χ2n) is 8.25. The molecule has 0 aliphatic carbocycles. The zero-order valence-corrected chi connectivity index (χ0v) is 21.2. The molecule has 36 heavy (non-hydrogen) atoms. The molecule has 0 radical (unpaired) electrons. The maximum absolute atomic E-state index is 14.4. The molecule has 11 heteroatoms. The molecule has 3 atom stereocenters. The molecule has 0 saturated carbocycles. The van der Waals surface area contributed by atoms with Gasteiger partial charge in [-0.15, -0.1) is 11.1 Å². The van der Waals surface area contributed by atoms with Crippen LogP contribution in [0, 0.1) is 17.6 Å². The minimum absolute atomic E-state index is 0.0134. The number of carbonyl (C=O) groups is 2. The average Bonchev–Trinajstić information content (AvgIpc) is 2.83. The van der Waals surface area contributed by atoms with Crippen molar-refractivity contribution in [2.75, 3.05) is 26.8 Å². The number of hydrogen-bond donors (Lipinski definition) is 2. The van der Waals surface area contributed by atoms with E-state index in [1.807, 2.05) is 6.92 Å². The summed E-state index contributed by atoms with van der Waals surface area (Å²) in [6, 6.07) is 2.33. The van der Waals surface area contributed by atoms with Gasteiger partial charge in [-0.05, 0) is 49.4 Å². The molecule has 1 aliphatic heterocycles. The summed E-state index contributed by atoms with van der Waals surface area (Å²) in [5.41, 5.74) is 11.7. The zero-order chi connectivity index (χ0) is 28.0. The van der Waals surface area contributed by atoms with E-state index in [9.17, 15) is 31.6 Å². The number of nitrogens with two attached hydrogens (primary N) is 2. The van der Waals surface area contributed by atoms with E-state index in [0.717, 1.165) is 18.2 Å². The smallest absolute Gasteiger partial charge is 0.246 e. The number of nitrogens with zero attached hydrogens (tertiary/aromatic N) is 2. The van der Waals surface area contributed by atoms with E-state index < -0.39 is 29.8 Å². The Balaban J connectivity index is 0.00000156. The number of hydrogen-bond acceptors (Lipinski definition) is 4. The van der Waals surface area contributed by atoms with Crippen LogP contribution in [0.25, 0.3) is 0 Å². The summed E-state index contributed by atoms with van der Waals surface area (Å²) in [6.45, 7) is 8.17. The first-order valence-electron chi connectivity index (χ1n) is 11.5.